The van der Waals surface area contributed by atoms with Gasteiger partial charge in [0, 0.05) is 9.50 Å². The maximum absolute atomic E-state index is 13.7. The predicted octanol–water partition coefficient (Wildman–Crippen LogP) is 4.84. The summed E-state index contributed by atoms with van der Waals surface area (Å²) in [7, 11) is 0. The lowest BCUT2D eigenvalue weighted by atomic mass is 10.3. The molecule has 0 aliphatic rings. The first kappa shape index (κ1) is 20.5. The highest BCUT2D eigenvalue weighted by atomic mass is 79.9. The number of carbonyl (C=O) groups excluding carboxylic acids is 2. The highest BCUT2D eigenvalue weighted by Crippen LogP contribution is 2.28. The summed E-state index contributed by atoms with van der Waals surface area (Å²) in [6, 6.07) is 8.69. The second-order valence-electron chi connectivity index (χ2n) is 5.11. The Morgan fingerprint density at radius 2 is 1.96 bits per heavy atom. The number of nitrogens with one attached hydrogen (secondary N) is 1. The molecule has 0 radical (unpaired) electrons. The quantitative estimate of drug-likeness (QED) is 0.621. The van der Waals surface area contributed by atoms with E-state index >= 15 is 0 Å². The van der Waals surface area contributed by atoms with Crippen molar-refractivity contribution in [1.82, 2.24) is 0 Å². The van der Waals surface area contributed by atoms with E-state index in [2.05, 4.69) is 21.2 Å². The Hall–Kier alpha value is -1.83. The third-order valence-corrected chi connectivity index (χ3v) is 4.10. The minimum absolute atomic E-state index is 0.0218. The van der Waals surface area contributed by atoms with Crippen LogP contribution >= 0.6 is 39.1 Å². The van der Waals surface area contributed by atoms with E-state index in [0.717, 1.165) is 0 Å². The summed E-state index contributed by atoms with van der Waals surface area (Å²) in [5.41, 5.74) is -0.0218. The molecule has 1 unspecified atom stereocenters. The Morgan fingerprint density at radius 3 is 2.62 bits per heavy atom. The largest absolute Gasteiger partial charge is 0.477 e. The summed E-state index contributed by atoms with van der Waals surface area (Å²) in [4.78, 5) is 23.7. The van der Waals surface area contributed by atoms with Gasteiger partial charge in [0.05, 0.1) is 10.7 Å². The molecule has 2 aromatic rings. The number of amides is 1. The van der Waals surface area contributed by atoms with Crippen molar-refractivity contribution >= 4 is 56.7 Å². The number of benzene rings is 2. The Bertz CT molecular complexity index is 834. The van der Waals surface area contributed by atoms with E-state index < -0.39 is 30.4 Å². The SMILES string of the molecule is CC(Oc1ccc(Cl)cc1Cl)C(=O)OCC(=O)Nc1ccc(Br)cc1F. The lowest BCUT2D eigenvalue weighted by Gasteiger charge is -2.15. The van der Waals surface area contributed by atoms with Crippen LogP contribution in [0, 0.1) is 5.82 Å². The molecule has 2 rings (SSSR count). The van der Waals surface area contributed by atoms with E-state index in [0.29, 0.717) is 9.50 Å². The second kappa shape index (κ2) is 9.21. The van der Waals surface area contributed by atoms with Gasteiger partial charge in [0.2, 0.25) is 0 Å². The molecule has 138 valence electrons. The van der Waals surface area contributed by atoms with Crippen LogP contribution in [-0.2, 0) is 14.3 Å². The van der Waals surface area contributed by atoms with Crippen LogP contribution in [0.15, 0.2) is 40.9 Å². The van der Waals surface area contributed by atoms with Crippen LogP contribution in [0.25, 0.3) is 0 Å². The molecule has 1 amide bonds. The van der Waals surface area contributed by atoms with Crippen LogP contribution in [0.4, 0.5) is 10.1 Å². The first-order valence-corrected chi connectivity index (χ1v) is 8.84. The lowest BCUT2D eigenvalue weighted by Crippen LogP contribution is -2.30. The molecule has 0 saturated carbocycles. The Balaban J connectivity index is 1.85. The maximum atomic E-state index is 13.7. The number of hydrogen-bond acceptors (Lipinski definition) is 4. The van der Waals surface area contributed by atoms with Gasteiger partial charge in [-0.2, -0.15) is 0 Å². The van der Waals surface area contributed by atoms with Crippen molar-refractivity contribution in [3.8, 4) is 5.75 Å². The summed E-state index contributed by atoms with van der Waals surface area (Å²) < 4.78 is 24.4. The van der Waals surface area contributed by atoms with Gasteiger partial charge in [-0.25, -0.2) is 9.18 Å². The number of ether oxygens (including phenoxy) is 2. The minimum Gasteiger partial charge on any atom is -0.477 e. The van der Waals surface area contributed by atoms with Crippen LogP contribution in [0.3, 0.4) is 0 Å². The van der Waals surface area contributed by atoms with Crippen LogP contribution in [0.2, 0.25) is 10.0 Å². The van der Waals surface area contributed by atoms with Gasteiger partial charge in [-0.1, -0.05) is 39.1 Å². The van der Waals surface area contributed by atoms with Crippen LogP contribution < -0.4 is 10.1 Å². The number of halogens is 4. The summed E-state index contributed by atoms with van der Waals surface area (Å²) in [6.07, 6.45) is -1.01. The van der Waals surface area contributed by atoms with Crippen LogP contribution in [0.5, 0.6) is 5.75 Å². The average molecular weight is 465 g/mol. The van der Waals surface area contributed by atoms with Crippen molar-refractivity contribution in [3.63, 3.8) is 0 Å². The molecule has 0 aliphatic heterocycles. The minimum atomic E-state index is -1.01. The van der Waals surface area contributed by atoms with E-state index in [1.807, 2.05) is 0 Å². The number of esters is 1. The van der Waals surface area contributed by atoms with Crippen molar-refractivity contribution in [2.45, 2.75) is 13.0 Å². The van der Waals surface area contributed by atoms with Gasteiger partial charge >= 0.3 is 5.97 Å². The zero-order chi connectivity index (χ0) is 19.3. The van der Waals surface area contributed by atoms with E-state index in [1.54, 1.807) is 12.1 Å². The number of hydrogen-bond donors (Lipinski definition) is 1. The van der Waals surface area contributed by atoms with Crippen molar-refractivity contribution in [2.24, 2.45) is 0 Å². The fraction of sp³-hybridized carbons (Fsp3) is 0.176. The van der Waals surface area contributed by atoms with Crippen LogP contribution in [-0.4, -0.2) is 24.6 Å². The van der Waals surface area contributed by atoms with Gasteiger partial charge in [0.1, 0.15) is 11.6 Å². The van der Waals surface area contributed by atoms with Crippen molar-refractivity contribution < 1.29 is 23.5 Å². The molecule has 1 atom stereocenters. The standard InChI is InChI=1S/C17H13BrCl2FNO4/c1-9(26-15-5-3-11(19)7-12(15)20)17(24)25-8-16(23)22-14-4-2-10(18)6-13(14)21/h2-7,9H,8H2,1H3,(H,22,23). The molecule has 1 N–H and O–H groups in total. The highest BCUT2D eigenvalue weighted by molar-refractivity contribution is 9.10. The molecule has 5 nitrogen and oxygen atoms in total. The molecule has 0 aromatic heterocycles. The lowest BCUT2D eigenvalue weighted by molar-refractivity contribution is -0.153. The second-order valence-corrected chi connectivity index (χ2v) is 6.87. The van der Waals surface area contributed by atoms with Gasteiger partial charge in [-0.05, 0) is 43.3 Å². The van der Waals surface area contributed by atoms with E-state index in [-0.39, 0.29) is 16.5 Å². The fourth-order valence-corrected chi connectivity index (χ4v) is 2.63. The molecule has 9 heteroatoms. The first-order chi connectivity index (χ1) is 12.3. The van der Waals surface area contributed by atoms with E-state index in [1.165, 1.54) is 31.2 Å². The van der Waals surface area contributed by atoms with Gasteiger partial charge in [0.15, 0.2) is 12.7 Å². The Morgan fingerprint density at radius 1 is 1.23 bits per heavy atom. The summed E-state index contributed by atoms with van der Waals surface area (Å²) in [6.45, 7) is 0.857. The molecular weight excluding hydrogens is 452 g/mol. The van der Waals surface area contributed by atoms with Crippen molar-refractivity contribution in [2.75, 3.05) is 11.9 Å². The molecule has 0 bridgehead atoms. The molecule has 26 heavy (non-hydrogen) atoms. The van der Waals surface area contributed by atoms with E-state index in [4.69, 9.17) is 32.7 Å². The first-order valence-electron chi connectivity index (χ1n) is 7.29. The van der Waals surface area contributed by atoms with Crippen molar-refractivity contribution in [3.05, 3.63) is 56.7 Å². The molecular formula is C17H13BrCl2FNO4. The topological polar surface area (TPSA) is 64.6 Å². The van der Waals surface area contributed by atoms with E-state index in [9.17, 15) is 14.0 Å². The zero-order valence-corrected chi connectivity index (χ0v) is 16.5. The molecule has 0 fully saturated rings. The summed E-state index contributed by atoms with van der Waals surface area (Å²) in [5.74, 6) is -1.83. The van der Waals surface area contributed by atoms with Gasteiger partial charge < -0.3 is 14.8 Å². The molecule has 0 heterocycles. The third kappa shape index (κ3) is 5.86. The number of anilines is 1. The van der Waals surface area contributed by atoms with Crippen molar-refractivity contribution in [1.29, 1.82) is 0 Å². The molecule has 0 saturated heterocycles. The van der Waals surface area contributed by atoms with Gasteiger partial charge in [-0.15, -0.1) is 0 Å². The normalized spacial score (nSPS) is 11.6. The zero-order valence-electron chi connectivity index (χ0n) is 13.4. The average Bonchev–Trinajstić information content (AvgIpc) is 2.57. The number of carbonyl (C=O) groups is 2. The summed E-state index contributed by atoms with van der Waals surface area (Å²) >= 11 is 14.9. The molecule has 0 spiro atoms. The Kier molecular flexibility index (Phi) is 7.25. The van der Waals surface area contributed by atoms with Crippen LogP contribution in [0.1, 0.15) is 6.92 Å². The smallest absolute Gasteiger partial charge is 0.347 e. The third-order valence-electron chi connectivity index (χ3n) is 3.08. The highest BCUT2D eigenvalue weighted by Gasteiger charge is 2.19. The van der Waals surface area contributed by atoms with Gasteiger partial charge in [-0.3, -0.25) is 4.79 Å². The van der Waals surface area contributed by atoms with Gasteiger partial charge in [0.25, 0.3) is 5.91 Å². The molecule has 2 aromatic carbocycles. The fourth-order valence-electron chi connectivity index (χ4n) is 1.84. The monoisotopic (exact) mass is 463 g/mol. The molecule has 0 aliphatic carbocycles. The number of rotatable bonds is 6. The Labute approximate surface area is 167 Å². The predicted molar refractivity (Wildman–Crippen MR) is 100 cm³/mol. The summed E-state index contributed by atoms with van der Waals surface area (Å²) in [5, 5.41) is 2.97. The maximum Gasteiger partial charge on any atom is 0.347 e.